The molecule has 3 rings (SSSR count). The zero-order valence-electron chi connectivity index (χ0n) is 16.4. The summed E-state index contributed by atoms with van der Waals surface area (Å²) in [7, 11) is 1.61. The average molecular weight is 372 g/mol. The van der Waals surface area contributed by atoms with Crippen molar-refractivity contribution in [3.63, 3.8) is 0 Å². The molecule has 2 N–H and O–H groups in total. The van der Waals surface area contributed by atoms with Gasteiger partial charge in [-0.3, -0.25) is 9.59 Å². The fourth-order valence-corrected chi connectivity index (χ4v) is 4.09. The maximum atomic E-state index is 13.1. The Labute approximate surface area is 159 Å². The van der Waals surface area contributed by atoms with Gasteiger partial charge >= 0.3 is 5.97 Å². The molecule has 0 radical (unpaired) electrons. The van der Waals surface area contributed by atoms with Crippen molar-refractivity contribution >= 4 is 22.8 Å². The van der Waals surface area contributed by atoms with E-state index < -0.39 is 17.9 Å². The molecule has 1 aliphatic rings. The summed E-state index contributed by atoms with van der Waals surface area (Å²) in [5, 5.41) is 12.9. The fourth-order valence-electron chi connectivity index (χ4n) is 4.09. The summed E-state index contributed by atoms with van der Waals surface area (Å²) in [6, 6.07) is 5.76. The van der Waals surface area contributed by atoms with E-state index in [1.54, 1.807) is 21.0 Å². The number of hydrogen-bond acceptors (Lipinski definition) is 3. The number of hydrogen-bond donors (Lipinski definition) is 2. The number of carbonyl (C=O) groups is 2. The van der Waals surface area contributed by atoms with Crippen molar-refractivity contribution in [2.75, 3.05) is 7.11 Å². The predicted molar refractivity (Wildman–Crippen MR) is 104 cm³/mol. The number of aromatic nitrogens is 1. The lowest BCUT2D eigenvalue weighted by Crippen LogP contribution is -2.40. The topological polar surface area (TPSA) is 80.6 Å². The van der Waals surface area contributed by atoms with Gasteiger partial charge in [-0.25, -0.2) is 0 Å². The SMILES string of the molecule is COc1ccc2c(c1)c(C(=O)NC(C)C(C)C(=O)O)c(C)n2C1CCCC1. The molecule has 27 heavy (non-hydrogen) atoms. The summed E-state index contributed by atoms with van der Waals surface area (Å²) >= 11 is 0. The van der Waals surface area contributed by atoms with E-state index in [-0.39, 0.29) is 5.91 Å². The molecule has 6 heteroatoms. The van der Waals surface area contributed by atoms with Crippen LogP contribution in [-0.2, 0) is 4.79 Å². The van der Waals surface area contributed by atoms with E-state index in [4.69, 9.17) is 4.74 Å². The minimum atomic E-state index is -0.922. The Morgan fingerprint density at radius 1 is 1.26 bits per heavy atom. The highest BCUT2D eigenvalue weighted by Gasteiger charge is 2.28. The lowest BCUT2D eigenvalue weighted by molar-refractivity contribution is -0.141. The van der Waals surface area contributed by atoms with E-state index in [0.29, 0.717) is 17.4 Å². The van der Waals surface area contributed by atoms with Crippen LogP contribution in [0.4, 0.5) is 0 Å². The number of fused-ring (bicyclic) bond motifs is 1. The third kappa shape index (κ3) is 3.53. The molecule has 1 aromatic heterocycles. The van der Waals surface area contributed by atoms with Crippen LogP contribution in [0.5, 0.6) is 5.75 Å². The van der Waals surface area contributed by atoms with E-state index in [2.05, 4.69) is 9.88 Å². The van der Waals surface area contributed by atoms with Gasteiger partial charge in [0, 0.05) is 28.7 Å². The maximum Gasteiger partial charge on any atom is 0.308 e. The van der Waals surface area contributed by atoms with Crippen LogP contribution in [0, 0.1) is 12.8 Å². The lowest BCUT2D eigenvalue weighted by Gasteiger charge is -2.19. The van der Waals surface area contributed by atoms with Crippen molar-refractivity contribution in [1.29, 1.82) is 0 Å². The quantitative estimate of drug-likeness (QED) is 0.805. The Morgan fingerprint density at radius 2 is 1.93 bits per heavy atom. The van der Waals surface area contributed by atoms with Crippen LogP contribution in [0.25, 0.3) is 10.9 Å². The smallest absolute Gasteiger partial charge is 0.308 e. The van der Waals surface area contributed by atoms with Gasteiger partial charge in [0.25, 0.3) is 5.91 Å². The van der Waals surface area contributed by atoms with Crippen LogP contribution in [0.3, 0.4) is 0 Å². The molecule has 0 saturated heterocycles. The number of carbonyl (C=O) groups excluding carboxylic acids is 1. The minimum Gasteiger partial charge on any atom is -0.497 e. The van der Waals surface area contributed by atoms with E-state index in [1.807, 2.05) is 25.1 Å². The molecule has 1 amide bonds. The van der Waals surface area contributed by atoms with Gasteiger partial charge in [-0.05, 0) is 51.8 Å². The van der Waals surface area contributed by atoms with Crippen LogP contribution in [0.15, 0.2) is 18.2 Å². The predicted octanol–water partition coefficient (Wildman–Crippen LogP) is 3.91. The van der Waals surface area contributed by atoms with Crippen molar-refractivity contribution in [2.45, 2.75) is 58.5 Å². The molecule has 2 atom stereocenters. The van der Waals surface area contributed by atoms with Crippen LogP contribution in [-0.4, -0.2) is 34.7 Å². The molecule has 0 bridgehead atoms. The highest BCUT2D eigenvalue weighted by Crippen LogP contribution is 2.38. The summed E-state index contributed by atoms with van der Waals surface area (Å²) < 4.78 is 7.64. The first-order chi connectivity index (χ1) is 12.8. The van der Waals surface area contributed by atoms with Crippen LogP contribution >= 0.6 is 0 Å². The van der Waals surface area contributed by atoms with Gasteiger partial charge in [-0.1, -0.05) is 12.8 Å². The van der Waals surface area contributed by atoms with Crippen LogP contribution in [0.1, 0.15) is 61.6 Å². The summed E-state index contributed by atoms with van der Waals surface area (Å²) in [6.45, 7) is 5.30. The zero-order chi connectivity index (χ0) is 19.7. The van der Waals surface area contributed by atoms with Crippen molar-refractivity contribution in [1.82, 2.24) is 9.88 Å². The number of carboxylic acid groups (broad SMARTS) is 1. The molecule has 2 unspecified atom stereocenters. The maximum absolute atomic E-state index is 13.1. The van der Waals surface area contributed by atoms with Crippen molar-refractivity contribution in [2.24, 2.45) is 5.92 Å². The first-order valence-corrected chi connectivity index (χ1v) is 9.57. The first-order valence-electron chi connectivity index (χ1n) is 9.57. The number of nitrogens with zero attached hydrogens (tertiary/aromatic N) is 1. The summed E-state index contributed by atoms with van der Waals surface area (Å²) in [4.78, 5) is 24.3. The van der Waals surface area contributed by atoms with E-state index >= 15 is 0 Å². The second-order valence-corrected chi connectivity index (χ2v) is 7.54. The van der Waals surface area contributed by atoms with E-state index in [1.165, 1.54) is 12.8 Å². The number of carboxylic acids is 1. The fraction of sp³-hybridized carbons (Fsp3) is 0.524. The summed E-state index contributed by atoms with van der Waals surface area (Å²) in [5.74, 6) is -1.11. The number of nitrogens with one attached hydrogen (secondary N) is 1. The Morgan fingerprint density at radius 3 is 2.52 bits per heavy atom. The van der Waals surface area contributed by atoms with Crippen LogP contribution in [0.2, 0.25) is 0 Å². The number of ether oxygens (including phenoxy) is 1. The Kier molecular flexibility index (Phi) is 5.44. The van der Waals surface area contributed by atoms with Gasteiger partial charge < -0.3 is 19.7 Å². The highest BCUT2D eigenvalue weighted by molar-refractivity contribution is 6.09. The summed E-state index contributed by atoms with van der Waals surface area (Å²) in [5.41, 5.74) is 2.57. The molecule has 2 aromatic rings. The Balaban J connectivity index is 2.06. The molecule has 1 saturated carbocycles. The lowest BCUT2D eigenvalue weighted by atomic mass is 10.0. The number of amides is 1. The van der Waals surface area contributed by atoms with Crippen molar-refractivity contribution in [3.8, 4) is 5.75 Å². The molecule has 1 heterocycles. The Hall–Kier alpha value is -2.50. The average Bonchev–Trinajstić information content (AvgIpc) is 3.25. The van der Waals surface area contributed by atoms with Gasteiger partial charge in [-0.2, -0.15) is 0 Å². The first kappa shape index (κ1) is 19.3. The van der Waals surface area contributed by atoms with Gasteiger partial charge in [0.15, 0.2) is 0 Å². The van der Waals surface area contributed by atoms with Crippen LogP contribution < -0.4 is 10.1 Å². The number of benzene rings is 1. The highest BCUT2D eigenvalue weighted by atomic mass is 16.5. The number of methoxy groups -OCH3 is 1. The van der Waals surface area contributed by atoms with E-state index in [9.17, 15) is 14.7 Å². The number of aliphatic carboxylic acids is 1. The molecule has 0 spiro atoms. The zero-order valence-corrected chi connectivity index (χ0v) is 16.4. The van der Waals surface area contributed by atoms with Gasteiger partial charge in [-0.15, -0.1) is 0 Å². The van der Waals surface area contributed by atoms with Crippen molar-refractivity contribution < 1.29 is 19.4 Å². The number of rotatable bonds is 6. The van der Waals surface area contributed by atoms with Gasteiger partial charge in [0.1, 0.15) is 5.75 Å². The second kappa shape index (κ2) is 7.62. The molecule has 1 aromatic carbocycles. The van der Waals surface area contributed by atoms with Crippen molar-refractivity contribution in [3.05, 3.63) is 29.5 Å². The summed E-state index contributed by atoms with van der Waals surface area (Å²) in [6.07, 6.45) is 4.64. The molecular formula is C21H28N2O4. The second-order valence-electron chi connectivity index (χ2n) is 7.54. The normalized spacial score (nSPS) is 17.0. The molecular weight excluding hydrogens is 344 g/mol. The molecule has 0 aliphatic heterocycles. The molecule has 6 nitrogen and oxygen atoms in total. The Bertz CT molecular complexity index is 865. The third-order valence-corrected chi connectivity index (χ3v) is 5.87. The monoisotopic (exact) mass is 372 g/mol. The molecule has 1 fully saturated rings. The third-order valence-electron chi connectivity index (χ3n) is 5.87. The van der Waals surface area contributed by atoms with Gasteiger partial charge in [0.2, 0.25) is 0 Å². The standard InChI is InChI=1S/C21H28N2O4/c1-12(21(25)26)13(2)22-20(24)19-14(3)23(15-7-5-6-8-15)18-10-9-16(27-4)11-17(18)19/h9-13,15H,5-8H2,1-4H3,(H,22,24)(H,25,26). The largest absolute Gasteiger partial charge is 0.497 e. The molecule has 146 valence electrons. The van der Waals surface area contributed by atoms with Gasteiger partial charge in [0.05, 0.1) is 18.6 Å². The minimum absolute atomic E-state index is 0.233. The van der Waals surface area contributed by atoms with E-state index in [0.717, 1.165) is 29.4 Å². The molecule has 1 aliphatic carbocycles.